The van der Waals surface area contributed by atoms with Gasteiger partial charge < -0.3 is 5.32 Å². The molecule has 138 valence electrons. The molecular formula is C21H20FN3O2. The third-order valence-corrected chi connectivity index (χ3v) is 4.16. The lowest BCUT2D eigenvalue weighted by Gasteiger charge is -2.09. The van der Waals surface area contributed by atoms with E-state index in [-0.39, 0.29) is 23.8 Å². The summed E-state index contributed by atoms with van der Waals surface area (Å²) in [5.74, 6) is -0.588. The maximum absolute atomic E-state index is 12.9. The van der Waals surface area contributed by atoms with Crippen molar-refractivity contribution in [1.82, 2.24) is 15.1 Å². The average Bonchev–Trinajstić information content (AvgIpc) is 2.66. The maximum Gasteiger partial charge on any atom is 0.267 e. The van der Waals surface area contributed by atoms with Crippen LogP contribution >= 0.6 is 0 Å². The minimum absolute atomic E-state index is 0.151. The SMILES string of the molecule is Cc1ccc(-c2ccc(=O)n(CC(=O)NCCc3ccc(F)cc3)n2)cc1. The standard InChI is InChI=1S/C21H20FN3O2/c1-15-2-6-17(7-3-15)19-10-11-21(27)25(24-19)14-20(26)23-13-12-16-4-8-18(22)9-5-16/h2-11H,12-14H2,1H3,(H,23,26). The van der Waals surface area contributed by atoms with E-state index in [9.17, 15) is 14.0 Å². The molecule has 3 rings (SSSR count). The number of halogens is 1. The fourth-order valence-corrected chi connectivity index (χ4v) is 2.63. The zero-order valence-corrected chi connectivity index (χ0v) is 15.0. The van der Waals surface area contributed by atoms with Crippen molar-refractivity contribution in [2.24, 2.45) is 0 Å². The molecule has 3 aromatic rings. The van der Waals surface area contributed by atoms with Gasteiger partial charge in [-0.3, -0.25) is 9.59 Å². The average molecular weight is 365 g/mol. The van der Waals surface area contributed by atoms with Crippen molar-refractivity contribution >= 4 is 5.91 Å². The molecule has 0 spiro atoms. The molecule has 0 aliphatic carbocycles. The summed E-state index contributed by atoms with van der Waals surface area (Å²) in [5, 5.41) is 7.05. The molecule has 1 amide bonds. The first-order valence-electron chi connectivity index (χ1n) is 8.67. The number of carbonyl (C=O) groups excluding carboxylic acids is 1. The largest absolute Gasteiger partial charge is 0.354 e. The summed E-state index contributed by atoms with van der Waals surface area (Å²) < 4.78 is 14.0. The first-order valence-corrected chi connectivity index (χ1v) is 8.67. The van der Waals surface area contributed by atoms with E-state index in [4.69, 9.17) is 0 Å². The van der Waals surface area contributed by atoms with Gasteiger partial charge in [-0.15, -0.1) is 0 Å². The summed E-state index contributed by atoms with van der Waals surface area (Å²) in [4.78, 5) is 24.1. The molecule has 27 heavy (non-hydrogen) atoms. The number of hydrogen-bond acceptors (Lipinski definition) is 3. The highest BCUT2D eigenvalue weighted by Crippen LogP contribution is 2.15. The molecule has 1 aromatic heterocycles. The summed E-state index contributed by atoms with van der Waals surface area (Å²) in [6, 6.07) is 17.0. The van der Waals surface area contributed by atoms with Crippen molar-refractivity contribution in [2.75, 3.05) is 6.54 Å². The van der Waals surface area contributed by atoms with Gasteiger partial charge in [0.2, 0.25) is 5.91 Å². The third-order valence-electron chi connectivity index (χ3n) is 4.16. The minimum Gasteiger partial charge on any atom is -0.354 e. The number of nitrogens with one attached hydrogen (secondary N) is 1. The van der Waals surface area contributed by atoms with Crippen LogP contribution in [0, 0.1) is 12.7 Å². The Hall–Kier alpha value is -3.28. The number of carbonyl (C=O) groups is 1. The fourth-order valence-electron chi connectivity index (χ4n) is 2.63. The van der Waals surface area contributed by atoms with Crippen molar-refractivity contribution in [3.63, 3.8) is 0 Å². The molecule has 0 aliphatic rings. The van der Waals surface area contributed by atoms with E-state index < -0.39 is 0 Å². The lowest BCUT2D eigenvalue weighted by atomic mass is 10.1. The molecule has 0 saturated heterocycles. The summed E-state index contributed by atoms with van der Waals surface area (Å²) in [7, 11) is 0. The van der Waals surface area contributed by atoms with Crippen LogP contribution in [0.4, 0.5) is 4.39 Å². The predicted octanol–water partition coefficient (Wildman–Crippen LogP) is 2.72. The van der Waals surface area contributed by atoms with E-state index in [2.05, 4.69) is 10.4 Å². The second-order valence-corrected chi connectivity index (χ2v) is 6.31. The molecule has 1 N–H and O–H groups in total. The van der Waals surface area contributed by atoms with Gasteiger partial charge in [-0.05, 0) is 37.1 Å². The maximum atomic E-state index is 12.9. The van der Waals surface area contributed by atoms with Crippen molar-refractivity contribution in [3.05, 3.63) is 88.0 Å². The summed E-state index contributed by atoms with van der Waals surface area (Å²) in [6.45, 7) is 2.24. The number of aryl methyl sites for hydroxylation is 1. The number of rotatable bonds is 6. The fraction of sp³-hybridized carbons (Fsp3) is 0.190. The molecule has 5 nitrogen and oxygen atoms in total. The van der Waals surface area contributed by atoms with Crippen LogP contribution < -0.4 is 10.9 Å². The van der Waals surface area contributed by atoms with Crippen LogP contribution in [-0.2, 0) is 17.8 Å². The molecule has 0 fully saturated rings. The lowest BCUT2D eigenvalue weighted by Crippen LogP contribution is -2.34. The highest BCUT2D eigenvalue weighted by atomic mass is 19.1. The number of benzene rings is 2. The molecule has 0 atom stereocenters. The van der Waals surface area contributed by atoms with Gasteiger partial charge in [0.15, 0.2) is 0 Å². The normalized spacial score (nSPS) is 10.6. The molecule has 6 heteroatoms. The Kier molecular flexibility index (Phi) is 5.76. The Labute approximate surface area is 156 Å². The second-order valence-electron chi connectivity index (χ2n) is 6.31. The topological polar surface area (TPSA) is 64.0 Å². The number of nitrogens with zero attached hydrogens (tertiary/aromatic N) is 2. The van der Waals surface area contributed by atoms with Crippen LogP contribution in [0.1, 0.15) is 11.1 Å². The first kappa shape index (κ1) is 18.5. The van der Waals surface area contributed by atoms with Gasteiger partial charge in [0.25, 0.3) is 5.56 Å². The Morgan fingerprint density at radius 3 is 2.44 bits per heavy atom. The first-order chi connectivity index (χ1) is 13.0. The van der Waals surface area contributed by atoms with E-state index in [0.717, 1.165) is 21.4 Å². The van der Waals surface area contributed by atoms with Crippen LogP contribution in [0.5, 0.6) is 0 Å². The van der Waals surface area contributed by atoms with E-state index in [1.54, 1.807) is 18.2 Å². The molecule has 0 bridgehead atoms. The number of hydrogen-bond donors (Lipinski definition) is 1. The third kappa shape index (κ3) is 5.10. The number of aromatic nitrogens is 2. The minimum atomic E-state index is -0.334. The van der Waals surface area contributed by atoms with E-state index in [1.807, 2.05) is 31.2 Å². The lowest BCUT2D eigenvalue weighted by molar-refractivity contribution is -0.121. The van der Waals surface area contributed by atoms with E-state index in [0.29, 0.717) is 18.7 Å². The van der Waals surface area contributed by atoms with Crippen LogP contribution in [0.25, 0.3) is 11.3 Å². The zero-order valence-electron chi connectivity index (χ0n) is 15.0. The summed E-state index contributed by atoms with van der Waals surface area (Å²) in [5.41, 5.74) is 3.24. The van der Waals surface area contributed by atoms with Gasteiger partial charge in [0, 0.05) is 18.2 Å². The van der Waals surface area contributed by atoms with Crippen molar-refractivity contribution in [1.29, 1.82) is 0 Å². The van der Waals surface area contributed by atoms with Crippen LogP contribution in [0.3, 0.4) is 0 Å². The van der Waals surface area contributed by atoms with Gasteiger partial charge in [-0.25, -0.2) is 9.07 Å². The molecular weight excluding hydrogens is 345 g/mol. The van der Waals surface area contributed by atoms with Crippen LogP contribution in [0.15, 0.2) is 65.5 Å². The molecule has 0 saturated carbocycles. The molecule has 0 aliphatic heterocycles. The van der Waals surface area contributed by atoms with Crippen LogP contribution in [0.2, 0.25) is 0 Å². The van der Waals surface area contributed by atoms with Gasteiger partial charge in [-0.2, -0.15) is 5.10 Å². The Morgan fingerprint density at radius 2 is 1.74 bits per heavy atom. The Morgan fingerprint density at radius 1 is 1.04 bits per heavy atom. The van der Waals surface area contributed by atoms with Gasteiger partial charge in [0.05, 0.1) is 5.69 Å². The van der Waals surface area contributed by atoms with Crippen LogP contribution in [-0.4, -0.2) is 22.2 Å². The quantitative estimate of drug-likeness (QED) is 0.731. The summed E-state index contributed by atoms with van der Waals surface area (Å²) in [6.07, 6.45) is 0.581. The number of amides is 1. The molecule has 0 radical (unpaired) electrons. The zero-order chi connectivity index (χ0) is 19.2. The highest BCUT2D eigenvalue weighted by molar-refractivity contribution is 5.75. The molecule has 1 heterocycles. The van der Waals surface area contributed by atoms with Crippen molar-refractivity contribution in [2.45, 2.75) is 19.9 Å². The van der Waals surface area contributed by atoms with Gasteiger partial charge in [0.1, 0.15) is 12.4 Å². The summed E-state index contributed by atoms with van der Waals surface area (Å²) >= 11 is 0. The molecule has 2 aromatic carbocycles. The van der Waals surface area contributed by atoms with Gasteiger partial charge >= 0.3 is 0 Å². The van der Waals surface area contributed by atoms with Crippen molar-refractivity contribution < 1.29 is 9.18 Å². The van der Waals surface area contributed by atoms with Gasteiger partial charge in [-0.1, -0.05) is 42.0 Å². The van der Waals surface area contributed by atoms with E-state index in [1.165, 1.54) is 18.2 Å². The Balaban J connectivity index is 1.61. The second kappa shape index (κ2) is 8.40. The van der Waals surface area contributed by atoms with E-state index >= 15 is 0 Å². The van der Waals surface area contributed by atoms with Crippen molar-refractivity contribution in [3.8, 4) is 11.3 Å². The monoisotopic (exact) mass is 365 g/mol. The highest BCUT2D eigenvalue weighted by Gasteiger charge is 2.08. The molecule has 0 unspecified atom stereocenters. The smallest absolute Gasteiger partial charge is 0.267 e. The predicted molar refractivity (Wildman–Crippen MR) is 102 cm³/mol. The Bertz CT molecular complexity index is 980.